The lowest BCUT2D eigenvalue weighted by atomic mass is 9.53. The number of carbonyl (C=O) groups excluding carboxylic acids is 1. The van der Waals surface area contributed by atoms with Crippen molar-refractivity contribution in [3.05, 3.63) is 24.3 Å². The number of rotatable bonds is 3. The van der Waals surface area contributed by atoms with E-state index < -0.39 is 5.54 Å². The van der Waals surface area contributed by atoms with E-state index in [1.54, 1.807) is 7.11 Å². The Morgan fingerprint density at radius 3 is 2.28 bits per heavy atom. The first kappa shape index (κ1) is 15.5. The summed E-state index contributed by atoms with van der Waals surface area (Å²) in [5.41, 5.74) is 0.596. The van der Waals surface area contributed by atoms with Crippen LogP contribution >= 0.6 is 0 Å². The molecule has 0 radical (unpaired) electrons. The van der Waals surface area contributed by atoms with Gasteiger partial charge in [-0.25, -0.2) is 5.01 Å². The van der Waals surface area contributed by atoms with Crippen LogP contribution in [0.5, 0.6) is 5.75 Å². The predicted octanol–water partition coefficient (Wildman–Crippen LogP) is 3.86. The maximum Gasteiger partial charge on any atom is 0.268 e. The SMILES string of the molecule is COc1cccc(N2N(C3C4CC5CC(C4)CC3C5)C(=O)C2(C)C)c1. The highest BCUT2D eigenvalue weighted by molar-refractivity contribution is 5.98. The maximum atomic E-state index is 13.1. The van der Waals surface area contributed by atoms with Crippen LogP contribution in [0.25, 0.3) is 0 Å². The Morgan fingerprint density at radius 2 is 1.68 bits per heavy atom. The molecule has 4 bridgehead atoms. The van der Waals surface area contributed by atoms with Gasteiger partial charge in [-0.2, -0.15) is 0 Å². The average Bonchev–Trinajstić information content (AvgIpc) is 2.59. The zero-order chi connectivity index (χ0) is 17.3. The molecule has 4 saturated carbocycles. The van der Waals surface area contributed by atoms with Crippen molar-refractivity contribution in [1.82, 2.24) is 5.01 Å². The Morgan fingerprint density at radius 1 is 1.04 bits per heavy atom. The van der Waals surface area contributed by atoms with Gasteiger partial charge in [-0.3, -0.25) is 9.80 Å². The number of benzene rings is 1. The third-order valence-electron chi connectivity index (χ3n) is 7.23. The van der Waals surface area contributed by atoms with Gasteiger partial charge in [0.15, 0.2) is 0 Å². The van der Waals surface area contributed by atoms with Gasteiger partial charge in [0.1, 0.15) is 11.3 Å². The molecule has 6 rings (SSSR count). The molecule has 0 unspecified atom stereocenters. The monoisotopic (exact) mass is 340 g/mol. The van der Waals surface area contributed by atoms with Gasteiger partial charge < -0.3 is 4.74 Å². The second-order valence-corrected chi connectivity index (χ2v) is 9.14. The van der Waals surface area contributed by atoms with Gasteiger partial charge in [0.2, 0.25) is 0 Å². The summed E-state index contributed by atoms with van der Waals surface area (Å²) in [6.07, 6.45) is 6.75. The van der Waals surface area contributed by atoms with Gasteiger partial charge >= 0.3 is 0 Å². The van der Waals surface area contributed by atoms with E-state index in [1.807, 2.05) is 26.0 Å². The van der Waals surface area contributed by atoms with E-state index in [2.05, 4.69) is 22.2 Å². The summed E-state index contributed by atoms with van der Waals surface area (Å²) in [6, 6.07) is 8.53. The lowest BCUT2D eigenvalue weighted by molar-refractivity contribution is -0.170. The highest BCUT2D eigenvalue weighted by Gasteiger charge is 2.61. The largest absolute Gasteiger partial charge is 0.497 e. The molecular weight excluding hydrogens is 312 g/mol. The van der Waals surface area contributed by atoms with Gasteiger partial charge in [0.05, 0.1) is 18.8 Å². The Kier molecular flexibility index (Phi) is 3.20. The second kappa shape index (κ2) is 5.15. The van der Waals surface area contributed by atoms with Crippen LogP contribution in [-0.2, 0) is 4.79 Å². The molecule has 5 aliphatic rings. The molecule has 4 aliphatic carbocycles. The third-order valence-corrected chi connectivity index (χ3v) is 7.23. The zero-order valence-corrected chi connectivity index (χ0v) is 15.4. The van der Waals surface area contributed by atoms with Crippen LogP contribution in [0.3, 0.4) is 0 Å². The first-order valence-electron chi connectivity index (χ1n) is 9.77. The van der Waals surface area contributed by atoms with Crippen molar-refractivity contribution in [2.24, 2.45) is 23.7 Å². The van der Waals surface area contributed by atoms with Crippen molar-refractivity contribution in [2.75, 3.05) is 12.1 Å². The highest BCUT2D eigenvalue weighted by Crippen LogP contribution is 2.57. The molecule has 0 atom stereocenters. The first-order chi connectivity index (χ1) is 12.0. The van der Waals surface area contributed by atoms with Crippen LogP contribution in [0.2, 0.25) is 0 Å². The lowest BCUT2D eigenvalue weighted by Crippen LogP contribution is -2.80. The average molecular weight is 340 g/mol. The van der Waals surface area contributed by atoms with Crippen LogP contribution in [0.1, 0.15) is 46.0 Å². The fraction of sp³-hybridized carbons (Fsp3) is 0.667. The standard InChI is InChI=1S/C21H28N2O2/c1-21(2)20(24)22(23(21)17-5-4-6-18(12-17)25-3)19-15-8-13-7-14(10-15)11-16(19)9-13/h4-6,12-16,19H,7-11H2,1-3H3. The molecule has 1 heterocycles. The molecule has 0 aromatic heterocycles. The summed E-state index contributed by atoms with van der Waals surface area (Å²) in [7, 11) is 1.70. The Balaban J connectivity index is 1.50. The normalized spacial score (nSPS) is 38.0. The smallest absolute Gasteiger partial charge is 0.268 e. The van der Waals surface area contributed by atoms with E-state index in [4.69, 9.17) is 4.74 Å². The van der Waals surface area contributed by atoms with Crippen molar-refractivity contribution >= 4 is 11.6 Å². The fourth-order valence-electron chi connectivity index (χ4n) is 6.44. The van der Waals surface area contributed by atoms with Crippen molar-refractivity contribution in [3.8, 4) is 5.75 Å². The van der Waals surface area contributed by atoms with Crippen molar-refractivity contribution in [2.45, 2.75) is 57.5 Å². The van der Waals surface area contributed by atoms with Crippen LogP contribution in [0.15, 0.2) is 24.3 Å². The number of amides is 1. The van der Waals surface area contributed by atoms with E-state index in [0.29, 0.717) is 17.9 Å². The van der Waals surface area contributed by atoms with E-state index in [-0.39, 0.29) is 5.91 Å². The molecular formula is C21H28N2O2. The highest BCUT2D eigenvalue weighted by atomic mass is 16.5. The molecule has 1 amide bonds. The van der Waals surface area contributed by atoms with Crippen LogP contribution in [-0.4, -0.2) is 29.6 Å². The van der Waals surface area contributed by atoms with Crippen molar-refractivity contribution in [1.29, 1.82) is 0 Å². The minimum Gasteiger partial charge on any atom is -0.497 e. The van der Waals surface area contributed by atoms with E-state index in [9.17, 15) is 4.79 Å². The number of hydrogen-bond acceptors (Lipinski definition) is 3. The molecule has 25 heavy (non-hydrogen) atoms. The molecule has 0 spiro atoms. The van der Waals surface area contributed by atoms with Crippen molar-refractivity contribution < 1.29 is 9.53 Å². The molecule has 1 saturated heterocycles. The van der Waals surface area contributed by atoms with Gasteiger partial charge in [-0.1, -0.05) is 6.07 Å². The fourth-order valence-corrected chi connectivity index (χ4v) is 6.44. The number of hydrogen-bond donors (Lipinski definition) is 0. The molecule has 0 N–H and O–H groups in total. The second-order valence-electron chi connectivity index (χ2n) is 9.14. The van der Waals surface area contributed by atoms with Crippen LogP contribution in [0, 0.1) is 23.7 Å². The number of nitrogens with zero attached hydrogens (tertiary/aromatic N) is 2. The molecule has 5 fully saturated rings. The summed E-state index contributed by atoms with van der Waals surface area (Å²) in [4.78, 5) is 13.1. The van der Waals surface area contributed by atoms with Crippen LogP contribution < -0.4 is 9.75 Å². The molecule has 4 heteroatoms. The summed E-state index contributed by atoms with van der Waals surface area (Å²) in [5.74, 6) is 4.38. The number of ether oxygens (including phenoxy) is 1. The summed E-state index contributed by atoms with van der Waals surface area (Å²) >= 11 is 0. The summed E-state index contributed by atoms with van der Waals surface area (Å²) in [5, 5.41) is 4.37. The van der Waals surface area contributed by atoms with Gasteiger partial charge in [0, 0.05) is 6.07 Å². The first-order valence-corrected chi connectivity index (χ1v) is 9.77. The topological polar surface area (TPSA) is 32.8 Å². The van der Waals surface area contributed by atoms with Gasteiger partial charge in [0.25, 0.3) is 5.91 Å². The number of carbonyl (C=O) groups is 1. The lowest BCUT2D eigenvalue weighted by Gasteiger charge is -2.65. The predicted molar refractivity (Wildman–Crippen MR) is 97.2 cm³/mol. The molecule has 1 aromatic rings. The van der Waals surface area contributed by atoms with Crippen molar-refractivity contribution in [3.63, 3.8) is 0 Å². The van der Waals surface area contributed by atoms with E-state index >= 15 is 0 Å². The van der Waals surface area contributed by atoms with E-state index in [0.717, 1.165) is 23.3 Å². The zero-order valence-electron chi connectivity index (χ0n) is 15.4. The minimum atomic E-state index is -0.471. The summed E-state index contributed by atoms with van der Waals surface area (Å²) in [6.45, 7) is 4.09. The minimum absolute atomic E-state index is 0.285. The third kappa shape index (κ3) is 2.09. The maximum absolute atomic E-state index is 13.1. The van der Waals surface area contributed by atoms with Crippen LogP contribution in [0.4, 0.5) is 5.69 Å². The summed E-state index contributed by atoms with van der Waals surface area (Å²) < 4.78 is 5.41. The number of anilines is 1. The quantitative estimate of drug-likeness (QED) is 0.837. The Hall–Kier alpha value is -1.71. The Labute approximate surface area is 150 Å². The Bertz CT molecular complexity index is 686. The van der Waals surface area contributed by atoms with Gasteiger partial charge in [-0.15, -0.1) is 0 Å². The number of hydrazine groups is 1. The molecule has 1 aliphatic heterocycles. The van der Waals surface area contributed by atoms with E-state index in [1.165, 1.54) is 32.1 Å². The molecule has 4 nitrogen and oxygen atoms in total. The van der Waals surface area contributed by atoms with Gasteiger partial charge in [-0.05, 0) is 81.8 Å². The molecule has 134 valence electrons. The molecule has 1 aromatic carbocycles. The number of methoxy groups -OCH3 is 1.